The predicted molar refractivity (Wildman–Crippen MR) is 107 cm³/mol. The monoisotopic (exact) mass is 346 g/mol. The maximum Gasteiger partial charge on any atom is 0.150 e. The van der Waals surface area contributed by atoms with Crippen molar-refractivity contribution >= 4 is 17.9 Å². The molecule has 1 heterocycles. The molecule has 1 aliphatic carbocycles. The van der Waals surface area contributed by atoms with Crippen LogP contribution in [0.2, 0.25) is 0 Å². The van der Waals surface area contributed by atoms with Gasteiger partial charge in [0.15, 0.2) is 0 Å². The van der Waals surface area contributed by atoms with E-state index in [0.29, 0.717) is 12.2 Å². The highest BCUT2D eigenvalue weighted by Gasteiger charge is 2.37. The van der Waals surface area contributed by atoms with Crippen LogP contribution in [0, 0.1) is 0 Å². The largest absolute Gasteiger partial charge is 0.488 e. The number of hydrogen-bond donors (Lipinski definition) is 0. The predicted octanol–water partition coefficient (Wildman–Crippen LogP) is 5.78. The van der Waals surface area contributed by atoms with E-state index in [2.05, 4.69) is 52.0 Å². The Labute approximate surface area is 155 Å². The number of rotatable bonds is 2. The third-order valence-corrected chi connectivity index (χ3v) is 6.11. The SMILES string of the molecule is CC1(C)CCC(C)(C)c2cc(C3=Cc4ccc(C=O)cc4OC3)ccc21. The van der Waals surface area contributed by atoms with Gasteiger partial charge in [-0.05, 0) is 58.1 Å². The lowest BCUT2D eigenvalue weighted by Gasteiger charge is -2.42. The van der Waals surface area contributed by atoms with Gasteiger partial charge >= 0.3 is 0 Å². The molecule has 2 aliphatic rings. The second-order valence-corrected chi connectivity index (χ2v) is 8.90. The smallest absolute Gasteiger partial charge is 0.150 e. The van der Waals surface area contributed by atoms with Crippen molar-refractivity contribution in [3.63, 3.8) is 0 Å². The summed E-state index contributed by atoms with van der Waals surface area (Å²) in [5.41, 5.74) is 7.50. The molecule has 4 rings (SSSR count). The summed E-state index contributed by atoms with van der Waals surface area (Å²) in [6.07, 6.45) is 5.49. The van der Waals surface area contributed by atoms with Gasteiger partial charge in [-0.25, -0.2) is 0 Å². The Morgan fingerprint density at radius 3 is 2.38 bits per heavy atom. The molecule has 0 spiro atoms. The topological polar surface area (TPSA) is 26.3 Å². The normalized spacial score (nSPS) is 19.6. The fourth-order valence-electron chi connectivity index (χ4n) is 4.21. The zero-order chi connectivity index (χ0) is 18.5. The van der Waals surface area contributed by atoms with E-state index in [-0.39, 0.29) is 10.8 Å². The van der Waals surface area contributed by atoms with Crippen LogP contribution in [-0.4, -0.2) is 12.9 Å². The summed E-state index contributed by atoms with van der Waals surface area (Å²) < 4.78 is 5.94. The fourth-order valence-corrected chi connectivity index (χ4v) is 4.21. The molecule has 0 saturated carbocycles. The quantitative estimate of drug-likeness (QED) is 0.644. The Hall–Kier alpha value is -2.35. The van der Waals surface area contributed by atoms with Crippen LogP contribution >= 0.6 is 0 Å². The third kappa shape index (κ3) is 2.78. The second-order valence-electron chi connectivity index (χ2n) is 8.90. The number of hydrogen-bond acceptors (Lipinski definition) is 2. The Morgan fingerprint density at radius 2 is 1.65 bits per heavy atom. The van der Waals surface area contributed by atoms with E-state index >= 15 is 0 Å². The van der Waals surface area contributed by atoms with Crippen molar-refractivity contribution < 1.29 is 9.53 Å². The van der Waals surface area contributed by atoms with Crippen molar-refractivity contribution in [3.8, 4) is 5.75 Å². The summed E-state index contributed by atoms with van der Waals surface area (Å²) in [5.74, 6) is 0.790. The van der Waals surface area contributed by atoms with E-state index in [1.54, 1.807) is 0 Å². The van der Waals surface area contributed by atoms with E-state index in [1.165, 1.54) is 35.1 Å². The Morgan fingerprint density at radius 1 is 0.923 bits per heavy atom. The van der Waals surface area contributed by atoms with E-state index in [9.17, 15) is 4.79 Å². The average Bonchev–Trinajstić information content (AvgIpc) is 2.64. The minimum Gasteiger partial charge on any atom is -0.488 e. The number of ether oxygens (including phenoxy) is 1. The van der Waals surface area contributed by atoms with Gasteiger partial charge in [-0.2, -0.15) is 0 Å². The van der Waals surface area contributed by atoms with Crippen molar-refractivity contribution in [3.05, 3.63) is 64.2 Å². The van der Waals surface area contributed by atoms with Crippen LogP contribution in [0.25, 0.3) is 11.6 Å². The van der Waals surface area contributed by atoms with E-state index in [0.717, 1.165) is 17.6 Å². The third-order valence-electron chi connectivity index (χ3n) is 6.11. The van der Waals surface area contributed by atoms with Crippen LogP contribution < -0.4 is 4.74 Å². The van der Waals surface area contributed by atoms with Crippen molar-refractivity contribution in [1.82, 2.24) is 0 Å². The van der Waals surface area contributed by atoms with Gasteiger partial charge in [0.25, 0.3) is 0 Å². The van der Waals surface area contributed by atoms with Crippen LogP contribution in [0.1, 0.15) is 73.1 Å². The molecule has 0 radical (unpaired) electrons. The highest BCUT2D eigenvalue weighted by molar-refractivity contribution is 5.87. The molecule has 0 unspecified atom stereocenters. The highest BCUT2D eigenvalue weighted by Crippen LogP contribution is 2.46. The van der Waals surface area contributed by atoms with Crippen LogP contribution in [0.3, 0.4) is 0 Å². The van der Waals surface area contributed by atoms with Crippen LogP contribution in [-0.2, 0) is 10.8 Å². The van der Waals surface area contributed by atoms with Gasteiger partial charge in [0.1, 0.15) is 18.6 Å². The molecule has 2 aromatic carbocycles. The first kappa shape index (κ1) is 17.1. The van der Waals surface area contributed by atoms with Gasteiger partial charge in [-0.3, -0.25) is 4.79 Å². The fraction of sp³-hybridized carbons (Fsp3) is 0.375. The molecule has 0 bridgehead atoms. The Balaban J connectivity index is 1.77. The molecule has 2 heteroatoms. The summed E-state index contributed by atoms with van der Waals surface area (Å²) in [5, 5.41) is 0. The highest BCUT2D eigenvalue weighted by atomic mass is 16.5. The molecule has 26 heavy (non-hydrogen) atoms. The first-order valence-corrected chi connectivity index (χ1v) is 9.38. The first-order valence-electron chi connectivity index (χ1n) is 9.38. The number of aldehydes is 1. The van der Waals surface area contributed by atoms with Gasteiger partial charge in [-0.15, -0.1) is 0 Å². The van der Waals surface area contributed by atoms with Gasteiger partial charge in [0.2, 0.25) is 0 Å². The van der Waals surface area contributed by atoms with Crippen molar-refractivity contribution in [2.75, 3.05) is 6.61 Å². The molecule has 0 saturated heterocycles. The minimum absolute atomic E-state index is 0.202. The second kappa shape index (κ2) is 5.84. The zero-order valence-corrected chi connectivity index (χ0v) is 16.1. The zero-order valence-electron chi connectivity index (χ0n) is 16.1. The summed E-state index contributed by atoms with van der Waals surface area (Å²) in [4.78, 5) is 11.0. The number of benzene rings is 2. The van der Waals surface area contributed by atoms with Crippen molar-refractivity contribution in [2.45, 2.75) is 51.4 Å². The lowest BCUT2D eigenvalue weighted by Crippen LogP contribution is -2.33. The molecular formula is C24H26O2. The lowest BCUT2D eigenvalue weighted by molar-refractivity contribution is 0.112. The molecule has 0 aromatic heterocycles. The summed E-state index contributed by atoms with van der Waals surface area (Å²) >= 11 is 0. The maximum absolute atomic E-state index is 11.0. The van der Waals surface area contributed by atoms with E-state index in [1.807, 2.05) is 18.2 Å². The van der Waals surface area contributed by atoms with Crippen LogP contribution in [0.15, 0.2) is 36.4 Å². The molecule has 2 nitrogen and oxygen atoms in total. The summed E-state index contributed by atoms with van der Waals surface area (Å²) in [6.45, 7) is 9.95. The molecule has 0 fully saturated rings. The molecule has 134 valence electrons. The molecule has 2 aromatic rings. The molecule has 0 amide bonds. The Kier molecular flexibility index (Phi) is 3.83. The van der Waals surface area contributed by atoms with E-state index < -0.39 is 0 Å². The Bertz CT molecular complexity index is 916. The summed E-state index contributed by atoms with van der Waals surface area (Å²) in [7, 11) is 0. The molecule has 0 N–H and O–H groups in total. The summed E-state index contributed by atoms with van der Waals surface area (Å²) in [6, 6.07) is 12.5. The molecule has 1 aliphatic heterocycles. The number of carbonyl (C=O) groups is 1. The standard InChI is InChI=1S/C24H26O2/c1-23(2)9-10-24(3,4)21-13-17(7-8-20(21)23)19-12-18-6-5-16(14-25)11-22(18)26-15-19/h5-8,11-14H,9-10,15H2,1-4H3. The van der Waals surface area contributed by atoms with Gasteiger partial charge in [0, 0.05) is 11.1 Å². The van der Waals surface area contributed by atoms with Crippen LogP contribution in [0.4, 0.5) is 0 Å². The minimum atomic E-state index is 0.202. The van der Waals surface area contributed by atoms with Crippen molar-refractivity contribution in [2.24, 2.45) is 0 Å². The van der Waals surface area contributed by atoms with E-state index in [4.69, 9.17) is 4.74 Å². The van der Waals surface area contributed by atoms with Crippen molar-refractivity contribution in [1.29, 1.82) is 0 Å². The molecule has 0 atom stereocenters. The van der Waals surface area contributed by atoms with Crippen LogP contribution in [0.5, 0.6) is 5.75 Å². The van der Waals surface area contributed by atoms with Gasteiger partial charge in [-0.1, -0.05) is 58.0 Å². The molecular weight excluding hydrogens is 320 g/mol. The van der Waals surface area contributed by atoms with Gasteiger partial charge < -0.3 is 4.74 Å². The number of fused-ring (bicyclic) bond motifs is 2. The first-order chi connectivity index (χ1) is 12.3. The lowest BCUT2D eigenvalue weighted by atomic mass is 9.63. The average molecular weight is 346 g/mol. The number of carbonyl (C=O) groups excluding carboxylic acids is 1. The van der Waals surface area contributed by atoms with Gasteiger partial charge in [0.05, 0.1) is 0 Å². The maximum atomic E-state index is 11.0.